The van der Waals surface area contributed by atoms with E-state index in [1.54, 1.807) is 12.1 Å². The first kappa shape index (κ1) is 12.2. The highest BCUT2D eigenvalue weighted by molar-refractivity contribution is 5.87. The van der Waals surface area contributed by atoms with Crippen LogP contribution < -0.4 is 0 Å². The summed E-state index contributed by atoms with van der Waals surface area (Å²) < 4.78 is 6.66. The highest BCUT2D eigenvalue weighted by Gasteiger charge is 2.17. The van der Waals surface area contributed by atoms with Gasteiger partial charge in [-0.25, -0.2) is 9.48 Å². The predicted molar refractivity (Wildman–Crippen MR) is 73.0 cm³/mol. The van der Waals surface area contributed by atoms with Crippen LogP contribution in [-0.4, -0.2) is 20.9 Å². The van der Waals surface area contributed by atoms with E-state index in [2.05, 4.69) is 5.10 Å². The topological polar surface area (TPSA) is 68.3 Å². The Balaban J connectivity index is 2.14. The molecule has 0 amide bonds. The van der Waals surface area contributed by atoms with Crippen molar-refractivity contribution in [1.82, 2.24) is 9.78 Å². The number of hydrogen-bond donors (Lipinski definition) is 1. The summed E-state index contributed by atoms with van der Waals surface area (Å²) in [7, 11) is 0. The molecule has 20 heavy (non-hydrogen) atoms. The fourth-order valence-corrected chi connectivity index (χ4v) is 1.96. The molecule has 0 unspecified atom stereocenters. The molecule has 2 heterocycles. The predicted octanol–water partition coefficient (Wildman–Crippen LogP) is 3.14. The molecule has 0 saturated carbocycles. The fourth-order valence-electron chi connectivity index (χ4n) is 1.96. The summed E-state index contributed by atoms with van der Waals surface area (Å²) in [6, 6.07) is 12.5. The summed E-state index contributed by atoms with van der Waals surface area (Å²) >= 11 is 0. The maximum absolute atomic E-state index is 11.4. The molecule has 1 N–H and O–H groups in total. The van der Waals surface area contributed by atoms with Gasteiger partial charge in [0.05, 0.1) is 12.0 Å². The van der Waals surface area contributed by atoms with Crippen molar-refractivity contribution in [2.24, 2.45) is 0 Å². The van der Waals surface area contributed by atoms with E-state index < -0.39 is 5.97 Å². The first-order valence-corrected chi connectivity index (χ1v) is 6.09. The van der Waals surface area contributed by atoms with Crippen LogP contribution in [0, 0.1) is 6.92 Å². The van der Waals surface area contributed by atoms with Crippen LogP contribution in [-0.2, 0) is 0 Å². The Labute approximate surface area is 115 Å². The second kappa shape index (κ2) is 4.70. The third-order valence-corrected chi connectivity index (χ3v) is 2.98. The smallest absolute Gasteiger partial charge is 0.354 e. The van der Waals surface area contributed by atoms with Crippen LogP contribution in [0.25, 0.3) is 17.1 Å². The van der Waals surface area contributed by atoms with Gasteiger partial charge >= 0.3 is 5.97 Å². The van der Waals surface area contributed by atoms with E-state index in [4.69, 9.17) is 4.42 Å². The molecule has 5 nitrogen and oxygen atoms in total. The Bertz CT molecular complexity index is 740. The quantitative estimate of drug-likeness (QED) is 0.792. The van der Waals surface area contributed by atoms with Gasteiger partial charge in [0.1, 0.15) is 5.69 Å². The minimum absolute atomic E-state index is 0.0975. The van der Waals surface area contributed by atoms with E-state index in [-0.39, 0.29) is 5.69 Å². The number of rotatable bonds is 3. The van der Waals surface area contributed by atoms with Gasteiger partial charge in [-0.1, -0.05) is 17.7 Å². The average molecular weight is 268 g/mol. The van der Waals surface area contributed by atoms with Crippen LogP contribution in [0.1, 0.15) is 16.1 Å². The maximum atomic E-state index is 11.4. The molecule has 0 fully saturated rings. The first-order valence-electron chi connectivity index (χ1n) is 6.09. The summed E-state index contributed by atoms with van der Waals surface area (Å²) in [5.74, 6) is -0.491. The lowest BCUT2D eigenvalue weighted by molar-refractivity contribution is 0.0687. The van der Waals surface area contributed by atoms with Crippen LogP contribution in [0.3, 0.4) is 0 Å². The molecular formula is C15H12N2O3. The zero-order valence-electron chi connectivity index (χ0n) is 10.8. The number of benzene rings is 1. The number of nitrogens with zero attached hydrogens (tertiary/aromatic N) is 2. The van der Waals surface area contributed by atoms with Crippen LogP contribution in [0.2, 0.25) is 0 Å². The number of furan rings is 1. The number of aromatic carboxylic acids is 1. The molecule has 0 bridgehead atoms. The molecule has 0 spiro atoms. The zero-order valence-corrected chi connectivity index (χ0v) is 10.8. The van der Waals surface area contributed by atoms with Gasteiger partial charge < -0.3 is 9.52 Å². The Hall–Kier alpha value is -2.82. The largest absolute Gasteiger partial charge is 0.477 e. The minimum atomic E-state index is -1.03. The Morgan fingerprint density at radius 1 is 1.25 bits per heavy atom. The van der Waals surface area contributed by atoms with Crippen molar-refractivity contribution in [3.63, 3.8) is 0 Å². The third kappa shape index (κ3) is 2.09. The molecule has 5 heteroatoms. The maximum Gasteiger partial charge on any atom is 0.354 e. The molecule has 100 valence electrons. The van der Waals surface area contributed by atoms with E-state index >= 15 is 0 Å². The third-order valence-electron chi connectivity index (χ3n) is 2.98. The van der Waals surface area contributed by atoms with Crippen LogP contribution in [0.4, 0.5) is 0 Å². The van der Waals surface area contributed by atoms with E-state index in [1.807, 2.05) is 31.2 Å². The normalized spacial score (nSPS) is 10.7. The lowest BCUT2D eigenvalue weighted by Gasteiger charge is -2.04. The number of carbonyl (C=O) groups is 1. The Kier molecular flexibility index (Phi) is 2.87. The lowest BCUT2D eigenvalue weighted by Crippen LogP contribution is -2.07. The molecule has 3 aromatic rings. The van der Waals surface area contributed by atoms with Gasteiger partial charge in [0.2, 0.25) is 0 Å². The highest BCUT2D eigenvalue weighted by Crippen LogP contribution is 2.22. The number of hydrogen-bond acceptors (Lipinski definition) is 3. The monoisotopic (exact) mass is 268 g/mol. The molecule has 0 aliphatic carbocycles. The van der Waals surface area contributed by atoms with Crippen LogP contribution in [0.15, 0.2) is 53.1 Å². The van der Waals surface area contributed by atoms with E-state index in [0.717, 1.165) is 5.56 Å². The van der Waals surface area contributed by atoms with Crippen LogP contribution >= 0.6 is 0 Å². The van der Waals surface area contributed by atoms with Crippen molar-refractivity contribution in [2.75, 3.05) is 0 Å². The standard InChI is InChI=1S/C15H12N2O3/c1-10-4-6-11(7-5-10)17-13(15(18)19)9-12(16-17)14-3-2-8-20-14/h2-9H,1H3,(H,18,19). The molecular weight excluding hydrogens is 256 g/mol. The number of carboxylic acid groups (broad SMARTS) is 1. The fraction of sp³-hybridized carbons (Fsp3) is 0.0667. The van der Waals surface area contributed by atoms with Crippen molar-refractivity contribution in [3.8, 4) is 17.1 Å². The SMILES string of the molecule is Cc1ccc(-n2nc(-c3ccco3)cc2C(=O)O)cc1. The molecule has 3 rings (SSSR count). The number of carboxylic acids is 1. The molecule has 0 saturated heterocycles. The average Bonchev–Trinajstić information content (AvgIpc) is 3.08. The second-order valence-electron chi connectivity index (χ2n) is 4.44. The summed E-state index contributed by atoms with van der Waals surface area (Å²) in [5.41, 5.74) is 2.39. The van der Waals surface area contributed by atoms with Crippen molar-refractivity contribution in [1.29, 1.82) is 0 Å². The minimum Gasteiger partial charge on any atom is -0.477 e. The zero-order chi connectivity index (χ0) is 14.1. The summed E-state index contributed by atoms with van der Waals surface area (Å²) in [5, 5.41) is 13.6. The van der Waals surface area contributed by atoms with Gasteiger partial charge in [0.25, 0.3) is 0 Å². The molecule has 0 aliphatic rings. The number of aryl methyl sites for hydroxylation is 1. The highest BCUT2D eigenvalue weighted by atomic mass is 16.4. The summed E-state index contributed by atoms with van der Waals surface area (Å²) in [6.07, 6.45) is 1.53. The van der Waals surface area contributed by atoms with Crippen LogP contribution in [0.5, 0.6) is 0 Å². The van der Waals surface area contributed by atoms with Crippen molar-refractivity contribution >= 4 is 5.97 Å². The van der Waals surface area contributed by atoms with Crippen molar-refractivity contribution in [2.45, 2.75) is 6.92 Å². The molecule has 0 atom stereocenters. The Morgan fingerprint density at radius 2 is 2.00 bits per heavy atom. The van der Waals surface area contributed by atoms with Gasteiger partial charge in [-0.3, -0.25) is 0 Å². The molecule has 0 radical (unpaired) electrons. The van der Waals surface area contributed by atoms with E-state index in [1.165, 1.54) is 17.0 Å². The molecule has 1 aromatic carbocycles. The van der Waals surface area contributed by atoms with E-state index in [0.29, 0.717) is 17.1 Å². The summed E-state index contributed by atoms with van der Waals surface area (Å²) in [6.45, 7) is 1.97. The second-order valence-corrected chi connectivity index (χ2v) is 4.44. The first-order chi connectivity index (χ1) is 9.65. The van der Waals surface area contributed by atoms with Gasteiger partial charge in [-0.15, -0.1) is 0 Å². The Morgan fingerprint density at radius 3 is 2.60 bits per heavy atom. The molecule has 0 aliphatic heterocycles. The van der Waals surface area contributed by atoms with Gasteiger partial charge in [-0.2, -0.15) is 5.10 Å². The summed E-state index contributed by atoms with van der Waals surface area (Å²) in [4.78, 5) is 11.4. The van der Waals surface area contributed by atoms with Crippen molar-refractivity contribution < 1.29 is 14.3 Å². The van der Waals surface area contributed by atoms with Gasteiger partial charge in [-0.05, 0) is 31.2 Å². The van der Waals surface area contributed by atoms with Gasteiger partial charge in [0, 0.05) is 6.07 Å². The van der Waals surface area contributed by atoms with Gasteiger partial charge in [0.15, 0.2) is 11.5 Å². The van der Waals surface area contributed by atoms with Crippen molar-refractivity contribution in [3.05, 3.63) is 60.0 Å². The molecule has 2 aromatic heterocycles. The lowest BCUT2D eigenvalue weighted by atomic mass is 10.2. The van der Waals surface area contributed by atoms with E-state index in [9.17, 15) is 9.90 Å². The number of aromatic nitrogens is 2.